The number of benzene rings is 1. The van der Waals surface area contributed by atoms with Gasteiger partial charge in [0.2, 0.25) is 0 Å². The Morgan fingerprint density at radius 1 is 1.27 bits per heavy atom. The molecule has 0 saturated heterocycles. The van der Waals surface area contributed by atoms with Crippen molar-refractivity contribution in [3.8, 4) is 0 Å². The number of carbonyl (C=O) groups is 1. The van der Waals surface area contributed by atoms with Crippen LogP contribution in [-0.4, -0.2) is 22.6 Å². The predicted molar refractivity (Wildman–Crippen MR) is 88.4 cm³/mol. The first kappa shape index (κ1) is 17.1. The van der Waals surface area contributed by atoms with Gasteiger partial charge in [-0.2, -0.15) is 18.3 Å². The molecule has 1 saturated carbocycles. The molecule has 1 fully saturated rings. The van der Waals surface area contributed by atoms with Crippen molar-refractivity contribution in [1.29, 1.82) is 0 Å². The number of hydrogen-bond donors (Lipinski definition) is 3. The fraction of sp³-hybridized carbons (Fsp3) is 0.444. The van der Waals surface area contributed by atoms with Gasteiger partial charge in [0.05, 0.1) is 11.1 Å². The Kier molecular flexibility index (Phi) is 4.02. The Bertz CT molecular complexity index is 839. The van der Waals surface area contributed by atoms with Gasteiger partial charge in [-0.25, -0.2) is 0 Å². The van der Waals surface area contributed by atoms with Crippen LogP contribution in [0.5, 0.6) is 0 Å². The van der Waals surface area contributed by atoms with Crippen molar-refractivity contribution < 1.29 is 18.0 Å². The van der Waals surface area contributed by atoms with E-state index in [0.717, 1.165) is 42.8 Å². The molecule has 1 aromatic carbocycles. The van der Waals surface area contributed by atoms with Crippen molar-refractivity contribution in [3.05, 3.63) is 52.3 Å². The van der Waals surface area contributed by atoms with Gasteiger partial charge in [-0.1, -0.05) is 12.1 Å². The van der Waals surface area contributed by atoms with Crippen molar-refractivity contribution in [2.75, 3.05) is 6.54 Å². The monoisotopic (exact) mass is 364 g/mol. The third-order valence-electron chi connectivity index (χ3n) is 5.32. The number of nitrogens with one attached hydrogen (secondary N) is 3. The molecule has 8 heteroatoms. The number of halogens is 3. The topological polar surface area (TPSA) is 69.8 Å². The molecule has 0 spiro atoms. The van der Waals surface area contributed by atoms with E-state index in [1.807, 2.05) is 0 Å². The fourth-order valence-electron chi connectivity index (χ4n) is 3.70. The molecule has 138 valence electrons. The third kappa shape index (κ3) is 2.88. The SMILES string of the molecule is O=C(NC1(c2cccc(C(F)(F)F)c2)CCC1)c1n[nH]c2c1CNCC2. The highest BCUT2D eigenvalue weighted by Crippen LogP contribution is 2.43. The largest absolute Gasteiger partial charge is 0.416 e. The lowest BCUT2D eigenvalue weighted by Crippen LogP contribution is -2.51. The maximum Gasteiger partial charge on any atom is 0.416 e. The zero-order valence-electron chi connectivity index (χ0n) is 14.0. The summed E-state index contributed by atoms with van der Waals surface area (Å²) in [4.78, 5) is 12.8. The molecule has 3 N–H and O–H groups in total. The van der Waals surface area contributed by atoms with Crippen molar-refractivity contribution >= 4 is 5.91 Å². The van der Waals surface area contributed by atoms with Gasteiger partial charge in [0.15, 0.2) is 5.69 Å². The zero-order chi connectivity index (χ0) is 18.4. The zero-order valence-corrected chi connectivity index (χ0v) is 14.0. The molecule has 1 aromatic heterocycles. The highest BCUT2D eigenvalue weighted by atomic mass is 19.4. The number of rotatable bonds is 3. The van der Waals surface area contributed by atoms with Crippen LogP contribution in [0.2, 0.25) is 0 Å². The average Bonchev–Trinajstić information content (AvgIpc) is 3.01. The smallest absolute Gasteiger partial charge is 0.341 e. The van der Waals surface area contributed by atoms with Gasteiger partial charge >= 0.3 is 6.18 Å². The number of aromatic amines is 1. The molecule has 0 bridgehead atoms. The van der Waals surface area contributed by atoms with E-state index in [4.69, 9.17) is 0 Å². The number of fused-ring (bicyclic) bond motifs is 1. The van der Waals surface area contributed by atoms with Crippen LogP contribution in [0.3, 0.4) is 0 Å². The summed E-state index contributed by atoms with van der Waals surface area (Å²) in [6.07, 6.45) is -1.54. The van der Waals surface area contributed by atoms with E-state index in [1.54, 1.807) is 6.07 Å². The number of nitrogens with zero attached hydrogens (tertiary/aromatic N) is 1. The molecule has 0 unspecified atom stereocenters. The molecule has 2 aliphatic rings. The van der Waals surface area contributed by atoms with Gasteiger partial charge in [-0.05, 0) is 37.0 Å². The fourth-order valence-corrected chi connectivity index (χ4v) is 3.70. The van der Waals surface area contributed by atoms with Crippen LogP contribution in [0.25, 0.3) is 0 Å². The van der Waals surface area contributed by atoms with Crippen LogP contribution in [0, 0.1) is 0 Å². The van der Waals surface area contributed by atoms with Crippen molar-refractivity contribution in [1.82, 2.24) is 20.8 Å². The lowest BCUT2D eigenvalue weighted by atomic mass is 9.71. The Morgan fingerprint density at radius 3 is 2.77 bits per heavy atom. The quantitative estimate of drug-likeness (QED) is 0.784. The van der Waals surface area contributed by atoms with Gasteiger partial charge in [0.1, 0.15) is 0 Å². The Labute approximate surface area is 148 Å². The minimum atomic E-state index is -4.40. The molecule has 2 heterocycles. The summed E-state index contributed by atoms with van der Waals surface area (Å²) in [6, 6.07) is 5.23. The Balaban J connectivity index is 1.62. The van der Waals surface area contributed by atoms with E-state index >= 15 is 0 Å². The highest BCUT2D eigenvalue weighted by Gasteiger charge is 2.42. The van der Waals surface area contributed by atoms with Crippen molar-refractivity contribution in [2.24, 2.45) is 0 Å². The second-order valence-electron chi connectivity index (χ2n) is 6.92. The number of alkyl halides is 3. The van der Waals surface area contributed by atoms with Crippen LogP contribution in [0.4, 0.5) is 13.2 Å². The minimum absolute atomic E-state index is 0.324. The summed E-state index contributed by atoms with van der Waals surface area (Å²) in [5, 5.41) is 13.2. The molecular weight excluding hydrogens is 345 g/mol. The second kappa shape index (κ2) is 6.12. The van der Waals surface area contributed by atoms with Crippen LogP contribution < -0.4 is 10.6 Å². The van der Waals surface area contributed by atoms with Gasteiger partial charge < -0.3 is 10.6 Å². The van der Waals surface area contributed by atoms with Gasteiger partial charge in [-0.15, -0.1) is 0 Å². The summed E-state index contributed by atoms with van der Waals surface area (Å²) in [5.41, 5.74) is 1.14. The first-order valence-electron chi connectivity index (χ1n) is 8.66. The van der Waals surface area contributed by atoms with Crippen LogP contribution in [0.1, 0.15) is 52.1 Å². The van der Waals surface area contributed by atoms with Gasteiger partial charge in [0, 0.05) is 30.8 Å². The molecule has 1 aliphatic heterocycles. The molecule has 2 aromatic rings. The summed E-state index contributed by atoms with van der Waals surface area (Å²) in [7, 11) is 0. The van der Waals surface area contributed by atoms with Crippen molar-refractivity contribution in [2.45, 2.75) is 43.9 Å². The lowest BCUT2D eigenvalue weighted by Gasteiger charge is -2.43. The number of carbonyl (C=O) groups excluding carboxylic acids is 1. The summed E-state index contributed by atoms with van der Waals surface area (Å²) in [6.45, 7) is 1.38. The van der Waals surface area contributed by atoms with E-state index in [0.29, 0.717) is 30.6 Å². The number of aromatic nitrogens is 2. The van der Waals surface area contributed by atoms with E-state index in [2.05, 4.69) is 20.8 Å². The Morgan fingerprint density at radius 2 is 2.08 bits per heavy atom. The Hall–Kier alpha value is -2.35. The molecule has 1 amide bonds. The molecule has 0 atom stereocenters. The number of hydrogen-bond acceptors (Lipinski definition) is 3. The van der Waals surface area contributed by atoms with Gasteiger partial charge in [0.25, 0.3) is 5.91 Å². The van der Waals surface area contributed by atoms with Crippen LogP contribution in [-0.2, 0) is 24.7 Å². The van der Waals surface area contributed by atoms with Crippen LogP contribution in [0.15, 0.2) is 24.3 Å². The normalized spacial score (nSPS) is 18.7. The minimum Gasteiger partial charge on any atom is -0.341 e. The maximum atomic E-state index is 13.0. The summed E-state index contributed by atoms with van der Waals surface area (Å²) in [5.74, 6) is -0.344. The van der Waals surface area contributed by atoms with Crippen LogP contribution >= 0.6 is 0 Å². The maximum absolute atomic E-state index is 13.0. The first-order chi connectivity index (χ1) is 12.4. The van der Waals surface area contributed by atoms with E-state index in [1.165, 1.54) is 6.07 Å². The number of H-pyrrole nitrogens is 1. The summed E-state index contributed by atoms with van der Waals surface area (Å²) >= 11 is 0. The highest BCUT2D eigenvalue weighted by molar-refractivity contribution is 5.94. The van der Waals surface area contributed by atoms with E-state index in [-0.39, 0.29) is 5.91 Å². The molecule has 1 aliphatic carbocycles. The van der Waals surface area contributed by atoms with E-state index in [9.17, 15) is 18.0 Å². The lowest BCUT2D eigenvalue weighted by molar-refractivity contribution is -0.137. The molecule has 26 heavy (non-hydrogen) atoms. The van der Waals surface area contributed by atoms with Gasteiger partial charge in [-0.3, -0.25) is 9.89 Å². The number of amides is 1. The second-order valence-corrected chi connectivity index (χ2v) is 6.92. The van der Waals surface area contributed by atoms with E-state index < -0.39 is 17.3 Å². The average molecular weight is 364 g/mol. The predicted octanol–water partition coefficient (Wildman–Crippen LogP) is 2.88. The molecular formula is C18H19F3N4O. The third-order valence-corrected chi connectivity index (χ3v) is 5.32. The molecule has 0 radical (unpaired) electrons. The summed E-state index contributed by atoms with van der Waals surface area (Å²) < 4.78 is 39.1. The molecule has 5 nitrogen and oxygen atoms in total. The van der Waals surface area contributed by atoms with Crippen molar-refractivity contribution in [3.63, 3.8) is 0 Å². The standard InChI is InChI=1S/C18H19F3N4O/c19-18(20,21)12-4-1-3-11(9-12)17(6-2-7-17)23-16(26)15-13-10-22-8-5-14(13)24-25-15/h1,3-4,9,22H,2,5-8,10H2,(H,23,26)(H,24,25). The molecule has 4 rings (SSSR count). The first-order valence-corrected chi connectivity index (χ1v) is 8.66.